The quantitative estimate of drug-likeness (QED) is 0.925. The molecule has 0 unspecified atom stereocenters. The first-order chi connectivity index (χ1) is 9.74. The third-order valence-electron chi connectivity index (χ3n) is 2.92. The lowest BCUT2D eigenvalue weighted by Crippen LogP contribution is -2.40. The molecule has 2 aromatic rings. The van der Waals surface area contributed by atoms with E-state index in [0.29, 0.717) is 29.5 Å². The number of hydrogen-bond acceptors (Lipinski definition) is 6. The summed E-state index contributed by atoms with van der Waals surface area (Å²) in [6.45, 7) is 2.55. The van der Waals surface area contributed by atoms with Crippen LogP contribution in [0.25, 0.3) is 0 Å². The summed E-state index contributed by atoms with van der Waals surface area (Å²) in [4.78, 5) is 12.5. The number of nitrogens with zero attached hydrogens (tertiary/aromatic N) is 2. The number of rotatable bonds is 3. The number of nitrogens with one attached hydrogen (secondary N) is 1. The minimum absolute atomic E-state index is 0.181. The van der Waals surface area contributed by atoms with Crippen molar-refractivity contribution in [3.63, 3.8) is 0 Å². The predicted octanol–water partition coefficient (Wildman–Crippen LogP) is 1.42. The lowest BCUT2D eigenvalue weighted by Gasteiger charge is -2.26. The Morgan fingerprint density at radius 1 is 1.45 bits per heavy atom. The molecule has 0 bridgehead atoms. The van der Waals surface area contributed by atoms with Crippen molar-refractivity contribution in [2.45, 2.75) is 13.0 Å². The van der Waals surface area contributed by atoms with E-state index in [1.807, 2.05) is 24.3 Å². The molecule has 1 aromatic heterocycles. The third-order valence-corrected chi connectivity index (χ3v) is 3.74. The summed E-state index contributed by atoms with van der Waals surface area (Å²) in [5.41, 5.74) is 0.638. The lowest BCUT2D eigenvalue weighted by molar-refractivity contribution is 0.0791. The summed E-state index contributed by atoms with van der Waals surface area (Å²) >= 11 is 1.09. The summed E-state index contributed by atoms with van der Waals surface area (Å²) < 4.78 is 15.1. The number of carbonyl (C=O) groups is 1. The Kier molecular flexibility index (Phi) is 3.51. The van der Waals surface area contributed by atoms with Crippen LogP contribution in [0.3, 0.4) is 0 Å². The van der Waals surface area contributed by atoms with Crippen molar-refractivity contribution in [2.75, 3.05) is 13.2 Å². The Balaban J connectivity index is 1.58. The molecular weight excluding hydrogens is 278 g/mol. The molecule has 0 fully saturated rings. The molecule has 3 rings (SSSR count). The van der Waals surface area contributed by atoms with E-state index in [0.717, 1.165) is 17.3 Å². The van der Waals surface area contributed by atoms with Gasteiger partial charge in [-0.3, -0.25) is 4.79 Å². The molecule has 1 aliphatic rings. The molecule has 0 saturated heterocycles. The van der Waals surface area contributed by atoms with Crippen molar-refractivity contribution < 1.29 is 14.3 Å². The van der Waals surface area contributed by atoms with Crippen LogP contribution in [-0.2, 0) is 0 Å². The van der Waals surface area contributed by atoms with Gasteiger partial charge in [-0.25, -0.2) is 0 Å². The monoisotopic (exact) mass is 291 g/mol. The molecule has 1 N–H and O–H groups in total. The Hall–Kier alpha value is -2.15. The molecule has 1 aromatic carbocycles. The molecule has 1 aliphatic heterocycles. The topological polar surface area (TPSA) is 73.3 Å². The van der Waals surface area contributed by atoms with Crippen LogP contribution >= 0.6 is 11.5 Å². The number of fused-ring (bicyclic) bond motifs is 1. The molecular formula is C13H13N3O3S. The summed E-state index contributed by atoms with van der Waals surface area (Å²) in [6, 6.07) is 7.48. The molecule has 1 amide bonds. The first-order valence-corrected chi connectivity index (χ1v) is 6.97. The van der Waals surface area contributed by atoms with E-state index in [1.54, 1.807) is 6.92 Å². The zero-order valence-electron chi connectivity index (χ0n) is 10.8. The molecule has 2 heterocycles. The molecule has 104 valence electrons. The van der Waals surface area contributed by atoms with Gasteiger partial charge in [-0.1, -0.05) is 16.6 Å². The Morgan fingerprint density at radius 2 is 2.25 bits per heavy atom. The normalized spacial score (nSPS) is 16.8. The van der Waals surface area contributed by atoms with Gasteiger partial charge < -0.3 is 14.8 Å². The summed E-state index contributed by atoms with van der Waals surface area (Å²) in [5, 5.41) is 6.63. The molecule has 0 spiro atoms. The smallest absolute Gasteiger partial charge is 0.265 e. The summed E-state index contributed by atoms with van der Waals surface area (Å²) in [7, 11) is 0. The molecule has 0 radical (unpaired) electrons. The highest BCUT2D eigenvalue weighted by molar-refractivity contribution is 7.07. The maximum atomic E-state index is 11.9. The van der Waals surface area contributed by atoms with Crippen molar-refractivity contribution >= 4 is 17.4 Å². The van der Waals surface area contributed by atoms with E-state index in [9.17, 15) is 4.79 Å². The molecule has 6 nitrogen and oxygen atoms in total. The SMILES string of the molecule is Cc1nnsc1C(=O)NC[C@@H]1COc2ccccc2O1. The lowest BCUT2D eigenvalue weighted by atomic mass is 10.2. The fraction of sp³-hybridized carbons (Fsp3) is 0.308. The number of benzene rings is 1. The highest BCUT2D eigenvalue weighted by Gasteiger charge is 2.22. The summed E-state index contributed by atoms with van der Waals surface area (Å²) in [6.07, 6.45) is -0.199. The van der Waals surface area contributed by atoms with Gasteiger partial charge in [0.05, 0.1) is 12.2 Å². The second kappa shape index (κ2) is 5.46. The van der Waals surface area contributed by atoms with Gasteiger partial charge in [0, 0.05) is 0 Å². The van der Waals surface area contributed by atoms with Crippen LogP contribution in [0.2, 0.25) is 0 Å². The van der Waals surface area contributed by atoms with Crippen molar-refractivity contribution in [3.8, 4) is 11.5 Å². The van der Waals surface area contributed by atoms with E-state index in [2.05, 4.69) is 14.9 Å². The highest BCUT2D eigenvalue weighted by Crippen LogP contribution is 2.30. The van der Waals surface area contributed by atoms with Crippen LogP contribution in [0.15, 0.2) is 24.3 Å². The highest BCUT2D eigenvalue weighted by atomic mass is 32.1. The number of amides is 1. The van der Waals surface area contributed by atoms with Crippen LogP contribution in [0, 0.1) is 6.92 Å². The van der Waals surface area contributed by atoms with Crippen molar-refractivity contribution in [2.24, 2.45) is 0 Å². The van der Waals surface area contributed by atoms with Crippen molar-refractivity contribution in [1.82, 2.24) is 14.9 Å². The van der Waals surface area contributed by atoms with Crippen LogP contribution < -0.4 is 14.8 Å². The molecule has 1 atom stereocenters. The molecule has 0 aliphatic carbocycles. The number of aromatic nitrogens is 2. The number of ether oxygens (including phenoxy) is 2. The number of hydrogen-bond donors (Lipinski definition) is 1. The van der Waals surface area contributed by atoms with Crippen LogP contribution in [0.5, 0.6) is 11.5 Å². The average Bonchev–Trinajstić information content (AvgIpc) is 2.91. The Bertz CT molecular complexity index is 629. The average molecular weight is 291 g/mol. The number of para-hydroxylation sites is 2. The van der Waals surface area contributed by atoms with Crippen molar-refractivity contribution in [1.29, 1.82) is 0 Å². The van der Waals surface area contributed by atoms with E-state index < -0.39 is 0 Å². The standard InChI is InChI=1S/C13H13N3O3S/c1-8-12(20-16-15-8)13(17)14-6-9-7-18-10-4-2-3-5-11(10)19-9/h2-5,9H,6-7H2,1H3,(H,14,17)/t9-/m1/s1. The Morgan fingerprint density at radius 3 is 3.00 bits per heavy atom. The molecule has 20 heavy (non-hydrogen) atoms. The van der Waals surface area contributed by atoms with Gasteiger partial charge >= 0.3 is 0 Å². The zero-order valence-corrected chi connectivity index (χ0v) is 11.6. The number of carbonyl (C=O) groups excluding carboxylic acids is 1. The van der Waals surface area contributed by atoms with Gasteiger partial charge in [0.1, 0.15) is 17.6 Å². The van der Waals surface area contributed by atoms with Gasteiger partial charge in [0.15, 0.2) is 11.5 Å². The van der Waals surface area contributed by atoms with Crippen LogP contribution in [0.1, 0.15) is 15.4 Å². The molecule has 0 saturated carbocycles. The minimum Gasteiger partial charge on any atom is -0.486 e. The van der Waals surface area contributed by atoms with Crippen molar-refractivity contribution in [3.05, 3.63) is 34.8 Å². The van der Waals surface area contributed by atoms with Gasteiger partial charge in [0.2, 0.25) is 0 Å². The largest absolute Gasteiger partial charge is 0.486 e. The van der Waals surface area contributed by atoms with Crippen LogP contribution in [-0.4, -0.2) is 34.7 Å². The summed E-state index contributed by atoms with van der Waals surface area (Å²) in [5.74, 6) is 1.26. The fourth-order valence-electron chi connectivity index (χ4n) is 1.89. The maximum absolute atomic E-state index is 11.9. The third kappa shape index (κ3) is 2.57. The molecule has 7 heteroatoms. The van der Waals surface area contributed by atoms with E-state index in [4.69, 9.17) is 9.47 Å². The maximum Gasteiger partial charge on any atom is 0.265 e. The van der Waals surface area contributed by atoms with Gasteiger partial charge in [-0.05, 0) is 30.6 Å². The second-order valence-electron chi connectivity index (χ2n) is 4.40. The first-order valence-electron chi connectivity index (χ1n) is 6.19. The van der Waals surface area contributed by atoms with Gasteiger partial charge in [-0.15, -0.1) is 5.10 Å². The first kappa shape index (κ1) is 12.9. The van der Waals surface area contributed by atoms with E-state index >= 15 is 0 Å². The van der Waals surface area contributed by atoms with Crippen LogP contribution in [0.4, 0.5) is 0 Å². The zero-order chi connectivity index (χ0) is 13.9. The fourth-order valence-corrected chi connectivity index (χ4v) is 2.46. The number of aryl methyl sites for hydroxylation is 1. The van der Waals surface area contributed by atoms with Gasteiger partial charge in [0.25, 0.3) is 5.91 Å². The van der Waals surface area contributed by atoms with E-state index in [-0.39, 0.29) is 12.0 Å². The second-order valence-corrected chi connectivity index (χ2v) is 5.15. The minimum atomic E-state index is -0.199. The Labute approximate surface area is 119 Å². The van der Waals surface area contributed by atoms with E-state index in [1.165, 1.54) is 0 Å². The van der Waals surface area contributed by atoms with Gasteiger partial charge in [-0.2, -0.15) is 0 Å². The predicted molar refractivity (Wildman–Crippen MR) is 73.3 cm³/mol.